The molecule has 0 bridgehead atoms. The summed E-state index contributed by atoms with van der Waals surface area (Å²) in [7, 11) is 0. The third-order valence-corrected chi connectivity index (χ3v) is 1.32. The molecule has 3 amide bonds. The van der Waals surface area contributed by atoms with Gasteiger partial charge in [0, 0.05) is 12.5 Å². The molecule has 0 saturated heterocycles. The van der Waals surface area contributed by atoms with Crippen molar-refractivity contribution in [3.8, 4) is 0 Å². The quantitative estimate of drug-likeness (QED) is 0.261. The van der Waals surface area contributed by atoms with E-state index in [4.69, 9.17) is 4.74 Å². The molecule has 0 saturated carbocycles. The van der Waals surface area contributed by atoms with Gasteiger partial charge >= 0.3 is 12.0 Å². The van der Waals surface area contributed by atoms with E-state index in [0.29, 0.717) is 5.57 Å². The van der Waals surface area contributed by atoms with Crippen molar-refractivity contribution in [3.63, 3.8) is 0 Å². The van der Waals surface area contributed by atoms with Gasteiger partial charge < -0.3 is 10.1 Å². The molecule has 0 aliphatic carbocycles. The summed E-state index contributed by atoms with van der Waals surface area (Å²) in [4.78, 5) is 32.2. The van der Waals surface area contributed by atoms with E-state index >= 15 is 0 Å². The van der Waals surface area contributed by atoms with Crippen LogP contribution in [0.4, 0.5) is 4.79 Å². The highest BCUT2D eigenvalue weighted by Gasteiger charge is 2.03. The van der Waals surface area contributed by atoms with Gasteiger partial charge in [-0.25, -0.2) is 15.0 Å². The van der Waals surface area contributed by atoms with Crippen LogP contribution in [0.5, 0.6) is 0 Å². The highest BCUT2D eigenvalue weighted by Crippen LogP contribution is 1.90. The lowest BCUT2D eigenvalue weighted by Gasteiger charge is -2.07. The average molecular weight is 229 g/mol. The Bertz CT molecular complexity index is 301. The molecule has 0 heterocycles. The molecule has 7 nitrogen and oxygen atoms in total. The smallest absolute Gasteiger partial charge is 0.333 e. The maximum atomic E-state index is 10.9. The lowest BCUT2D eigenvalue weighted by molar-refractivity contribution is -0.138. The number of carbonyl (C=O) groups is 3. The number of ether oxygens (including phenoxy) is 1. The lowest BCUT2D eigenvalue weighted by Crippen LogP contribution is -2.46. The van der Waals surface area contributed by atoms with Gasteiger partial charge in [-0.05, 0) is 6.92 Å². The molecule has 0 atom stereocenters. The highest BCUT2D eigenvalue weighted by molar-refractivity contribution is 5.86. The number of rotatable bonds is 4. The van der Waals surface area contributed by atoms with Crippen molar-refractivity contribution in [1.82, 2.24) is 16.2 Å². The molecule has 0 aliphatic heterocycles. The molecule has 0 fully saturated rings. The van der Waals surface area contributed by atoms with E-state index in [9.17, 15) is 14.4 Å². The van der Waals surface area contributed by atoms with Gasteiger partial charge in [-0.2, -0.15) is 0 Å². The summed E-state index contributed by atoms with van der Waals surface area (Å²) < 4.78 is 4.71. The second-order valence-electron chi connectivity index (χ2n) is 2.98. The van der Waals surface area contributed by atoms with Crippen molar-refractivity contribution >= 4 is 17.9 Å². The van der Waals surface area contributed by atoms with Crippen LogP contribution in [-0.4, -0.2) is 31.1 Å². The maximum Gasteiger partial charge on any atom is 0.333 e. The van der Waals surface area contributed by atoms with E-state index in [2.05, 4.69) is 22.7 Å². The van der Waals surface area contributed by atoms with E-state index in [1.807, 2.05) is 0 Å². The number of hydrogen-bond donors (Lipinski definition) is 3. The Hall–Kier alpha value is -2.05. The summed E-state index contributed by atoms with van der Waals surface area (Å²) in [6, 6.07) is -0.582. The minimum atomic E-state index is -0.582. The zero-order valence-electron chi connectivity index (χ0n) is 9.25. The van der Waals surface area contributed by atoms with Gasteiger partial charge in [0.25, 0.3) is 0 Å². The first kappa shape index (κ1) is 13.9. The summed E-state index contributed by atoms with van der Waals surface area (Å²) in [5, 5.41) is 2.36. The number of amides is 3. The molecule has 0 rings (SSSR count). The van der Waals surface area contributed by atoms with E-state index < -0.39 is 12.0 Å². The molecule has 0 radical (unpaired) electrons. The van der Waals surface area contributed by atoms with Crippen LogP contribution in [0, 0.1) is 0 Å². The Labute approximate surface area is 93.2 Å². The Morgan fingerprint density at radius 2 is 1.81 bits per heavy atom. The topological polar surface area (TPSA) is 96.5 Å². The summed E-state index contributed by atoms with van der Waals surface area (Å²) in [6.07, 6.45) is 0. The fourth-order valence-electron chi connectivity index (χ4n) is 0.620. The number of hydrazine groups is 1. The Balaban J connectivity index is 3.52. The summed E-state index contributed by atoms with van der Waals surface area (Å²) in [6.45, 7) is 6.37. The van der Waals surface area contributed by atoms with Gasteiger partial charge in [0.1, 0.15) is 6.61 Å². The molecule has 0 aromatic rings. The van der Waals surface area contributed by atoms with Crippen molar-refractivity contribution in [2.24, 2.45) is 0 Å². The first-order valence-corrected chi connectivity index (χ1v) is 4.56. The predicted octanol–water partition coefficient (Wildman–Crippen LogP) is -0.544. The van der Waals surface area contributed by atoms with Crippen molar-refractivity contribution in [3.05, 3.63) is 12.2 Å². The minimum Gasteiger partial charge on any atom is -0.460 e. The van der Waals surface area contributed by atoms with E-state index in [0.717, 1.165) is 0 Å². The molecule has 0 spiro atoms. The Morgan fingerprint density at radius 1 is 1.19 bits per heavy atom. The van der Waals surface area contributed by atoms with E-state index in [1.54, 1.807) is 0 Å². The third kappa shape index (κ3) is 7.36. The van der Waals surface area contributed by atoms with Crippen molar-refractivity contribution in [1.29, 1.82) is 0 Å². The lowest BCUT2D eigenvalue weighted by atomic mass is 10.4. The Morgan fingerprint density at radius 3 is 2.31 bits per heavy atom. The van der Waals surface area contributed by atoms with Crippen LogP contribution in [0.3, 0.4) is 0 Å². The first-order valence-electron chi connectivity index (χ1n) is 4.56. The van der Waals surface area contributed by atoms with Gasteiger partial charge in [-0.3, -0.25) is 10.2 Å². The molecule has 7 heteroatoms. The van der Waals surface area contributed by atoms with Crippen molar-refractivity contribution in [2.45, 2.75) is 13.8 Å². The molecular formula is C9H15N3O4. The standard InChI is InChI=1S/C9H15N3O4/c1-6(2)8(14)16-5-4-10-9(15)12-11-7(3)13/h1,4-5H2,2-3H3,(H,11,13)(H2,10,12,15). The minimum absolute atomic E-state index is 0.0409. The molecule has 0 aromatic heterocycles. The molecule has 90 valence electrons. The van der Waals surface area contributed by atoms with Gasteiger partial charge in [0.2, 0.25) is 5.91 Å². The van der Waals surface area contributed by atoms with Crippen LogP contribution in [0.1, 0.15) is 13.8 Å². The fourth-order valence-corrected chi connectivity index (χ4v) is 0.620. The van der Waals surface area contributed by atoms with Crippen LogP contribution >= 0.6 is 0 Å². The number of carbonyl (C=O) groups excluding carboxylic acids is 3. The molecule has 0 aromatic carbocycles. The zero-order chi connectivity index (χ0) is 12.6. The SMILES string of the molecule is C=C(C)C(=O)OCCNC(=O)NNC(C)=O. The normalized spacial score (nSPS) is 8.88. The fraction of sp³-hybridized carbons (Fsp3) is 0.444. The number of esters is 1. The second-order valence-corrected chi connectivity index (χ2v) is 2.98. The summed E-state index contributed by atoms with van der Waals surface area (Å²) in [5.41, 5.74) is 4.47. The molecule has 3 N–H and O–H groups in total. The first-order chi connectivity index (χ1) is 7.43. The second kappa shape index (κ2) is 7.27. The molecular weight excluding hydrogens is 214 g/mol. The predicted molar refractivity (Wildman–Crippen MR) is 56.1 cm³/mol. The molecule has 16 heavy (non-hydrogen) atoms. The van der Waals surface area contributed by atoms with Crippen LogP contribution in [0.15, 0.2) is 12.2 Å². The van der Waals surface area contributed by atoms with Gasteiger partial charge in [-0.15, -0.1) is 0 Å². The third-order valence-electron chi connectivity index (χ3n) is 1.32. The summed E-state index contributed by atoms with van der Waals surface area (Å²) in [5.74, 6) is -0.895. The molecule has 0 aliphatic rings. The highest BCUT2D eigenvalue weighted by atomic mass is 16.5. The number of hydrogen-bond acceptors (Lipinski definition) is 4. The van der Waals surface area contributed by atoms with Crippen LogP contribution in [0.25, 0.3) is 0 Å². The van der Waals surface area contributed by atoms with Gasteiger partial charge in [0.15, 0.2) is 0 Å². The van der Waals surface area contributed by atoms with Gasteiger partial charge in [0.05, 0.1) is 6.54 Å². The van der Waals surface area contributed by atoms with Crippen LogP contribution < -0.4 is 16.2 Å². The van der Waals surface area contributed by atoms with Crippen molar-refractivity contribution in [2.75, 3.05) is 13.2 Å². The number of nitrogens with one attached hydrogen (secondary N) is 3. The average Bonchev–Trinajstić information content (AvgIpc) is 2.20. The number of urea groups is 1. The zero-order valence-corrected chi connectivity index (χ0v) is 9.25. The molecule has 0 unspecified atom stereocenters. The largest absolute Gasteiger partial charge is 0.460 e. The Kier molecular flexibility index (Phi) is 6.34. The maximum absolute atomic E-state index is 10.9. The van der Waals surface area contributed by atoms with Crippen molar-refractivity contribution < 1.29 is 19.1 Å². The monoisotopic (exact) mass is 229 g/mol. The van der Waals surface area contributed by atoms with Crippen LogP contribution in [-0.2, 0) is 14.3 Å². The van der Waals surface area contributed by atoms with E-state index in [-0.39, 0.29) is 19.1 Å². The van der Waals surface area contributed by atoms with E-state index in [1.165, 1.54) is 13.8 Å². The summed E-state index contributed by atoms with van der Waals surface area (Å²) >= 11 is 0. The van der Waals surface area contributed by atoms with Crippen LogP contribution in [0.2, 0.25) is 0 Å². The van der Waals surface area contributed by atoms with Gasteiger partial charge in [-0.1, -0.05) is 6.58 Å².